The predicted octanol–water partition coefficient (Wildman–Crippen LogP) is 4.37. The molecule has 0 radical (unpaired) electrons. The average Bonchev–Trinajstić information content (AvgIpc) is 3.73. The van der Waals surface area contributed by atoms with Gasteiger partial charge in [-0.05, 0) is 38.7 Å². The topological polar surface area (TPSA) is 140 Å². The molecule has 50 heavy (non-hydrogen) atoms. The highest BCUT2D eigenvalue weighted by Crippen LogP contribution is 2.24. The number of likely N-dealkylation sites (N-methyl/N-ethyl adjacent to an activating group) is 1. The largest absolute Gasteiger partial charge is 0.417 e. The fraction of sp³-hybridized carbons (Fsp3) is 0.583. The van der Waals surface area contributed by atoms with E-state index in [-0.39, 0.29) is 30.2 Å². The molecule has 1 saturated heterocycles. The minimum Gasteiger partial charge on any atom is -0.390 e. The Morgan fingerprint density at radius 3 is 2.42 bits per heavy atom. The number of nitrogens with one attached hydrogen (secondary N) is 2. The van der Waals surface area contributed by atoms with Crippen molar-refractivity contribution in [2.75, 3.05) is 33.2 Å². The van der Waals surface area contributed by atoms with Crippen LogP contribution in [0.4, 0.5) is 4.79 Å². The number of carbonyl (C=O) groups is 3. The SMILES string of the molecule is CC(C)c1nc(OC(=O)N(C)[C@@H](C(=O)N[C@@H](Cc2ccccc2)[C@H](O)CN2CCN(Cc3cncs3)C[C@H]2C(=O)NC(C)(C)C)C(C)C)cs1. The summed E-state index contributed by atoms with van der Waals surface area (Å²) in [7, 11) is 1.54. The first kappa shape index (κ1) is 39.4. The normalized spacial score (nSPS) is 17.7. The maximum Gasteiger partial charge on any atom is 0.417 e. The zero-order chi connectivity index (χ0) is 36.6. The molecule has 0 aliphatic carbocycles. The van der Waals surface area contributed by atoms with Gasteiger partial charge in [0.1, 0.15) is 12.1 Å². The minimum atomic E-state index is -1.02. The van der Waals surface area contributed by atoms with Crippen molar-refractivity contribution in [3.63, 3.8) is 0 Å². The maximum absolute atomic E-state index is 14.0. The van der Waals surface area contributed by atoms with E-state index in [1.54, 1.807) is 22.2 Å². The molecule has 0 unspecified atom stereocenters. The van der Waals surface area contributed by atoms with Crippen molar-refractivity contribution in [2.24, 2.45) is 5.92 Å². The molecule has 3 N–H and O–H groups in total. The van der Waals surface area contributed by atoms with Crippen molar-refractivity contribution in [1.82, 2.24) is 35.3 Å². The van der Waals surface area contributed by atoms with Crippen LogP contribution in [0.2, 0.25) is 0 Å². The van der Waals surface area contributed by atoms with Gasteiger partial charge in [-0.1, -0.05) is 58.0 Å². The quantitative estimate of drug-likeness (QED) is 0.221. The summed E-state index contributed by atoms with van der Waals surface area (Å²) in [6, 6.07) is 7.56. The summed E-state index contributed by atoms with van der Waals surface area (Å²) in [6.07, 6.45) is 0.494. The Kier molecular flexibility index (Phi) is 13.9. The Labute approximate surface area is 304 Å². The van der Waals surface area contributed by atoms with Gasteiger partial charge < -0.3 is 20.5 Å². The lowest BCUT2D eigenvalue weighted by atomic mass is 9.97. The third kappa shape index (κ3) is 11.3. The summed E-state index contributed by atoms with van der Waals surface area (Å²) in [5, 5.41) is 20.6. The lowest BCUT2D eigenvalue weighted by molar-refractivity contribution is -0.132. The minimum absolute atomic E-state index is 0.108. The van der Waals surface area contributed by atoms with Crippen LogP contribution in [-0.4, -0.2) is 111 Å². The van der Waals surface area contributed by atoms with E-state index in [1.165, 1.54) is 23.3 Å². The number of aliphatic hydroxyl groups excluding tert-OH is 1. The van der Waals surface area contributed by atoms with Crippen LogP contribution in [0.15, 0.2) is 47.4 Å². The first-order valence-electron chi connectivity index (χ1n) is 17.2. The summed E-state index contributed by atoms with van der Waals surface area (Å²) in [5.41, 5.74) is 2.31. The number of aliphatic hydroxyl groups is 1. The van der Waals surface area contributed by atoms with Gasteiger partial charge in [0, 0.05) is 62.3 Å². The highest BCUT2D eigenvalue weighted by Gasteiger charge is 2.38. The monoisotopic (exact) mass is 727 g/mol. The summed E-state index contributed by atoms with van der Waals surface area (Å²) < 4.78 is 5.55. The molecule has 4 rings (SSSR count). The molecule has 3 amide bonds. The van der Waals surface area contributed by atoms with Gasteiger partial charge >= 0.3 is 6.09 Å². The van der Waals surface area contributed by atoms with Crippen molar-refractivity contribution in [1.29, 1.82) is 0 Å². The number of piperazine rings is 1. The van der Waals surface area contributed by atoms with E-state index in [0.717, 1.165) is 15.4 Å². The second-order valence-electron chi connectivity index (χ2n) is 14.7. The lowest BCUT2D eigenvalue weighted by Crippen LogP contribution is -2.63. The summed E-state index contributed by atoms with van der Waals surface area (Å²) >= 11 is 3.00. The Balaban J connectivity index is 1.52. The van der Waals surface area contributed by atoms with Gasteiger partial charge in [0.05, 0.1) is 28.0 Å². The number of carbonyl (C=O) groups excluding carboxylic acids is 3. The smallest absolute Gasteiger partial charge is 0.390 e. The van der Waals surface area contributed by atoms with Crippen LogP contribution in [0, 0.1) is 5.92 Å². The van der Waals surface area contributed by atoms with E-state index in [4.69, 9.17) is 4.74 Å². The van der Waals surface area contributed by atoms with E-state index in [1.807, 2.05) is 89.9 Å². The van der Waals surface area contributed by atoms with Crippen molar-refractivity contribution in [2.45, 2.75) is 97.1 Å². The molecule has 274 valence electrons. The summed E-state index contributed by atoms with van der Waals surface area (Å²) in [4.78, 5) is 56.2. The highest BCUT2D eigenvalue weighted by molar-refractivity contribution is 7.10. The average molecular weight is 728 g/mol. The molecule has 0 spiro atoms. The molecule has 3 heterocycles. The maximum atomic E-state index is 14.0. The third-order valence-electron chi connectivity index (χ3n) is 8.54. The van der Waals surface area contributed by atoms with Crippen LogP contribution in [0.5, 0.6) is 5.88 Å². The molecular weight excluding hydrogens is 675 g/mol. The van der Waals surface area contributed by atoms with Crippen molar-refractivity contribution >= 4 is 40.6 Å². The van der Waals surface area contributed by atoms with Crippen LogP contribution >= 0.6 is 22.7 Å². The lowest BCUT2D eigenvalue weighted by Gasteiger charge is -2.43. The first-order chi connectivity index (χ1) is 23.6. The van der Waals surface area contributed by atoms with Crippen molar-refractivity contribution in [3.8, 4) is 5.88 Å². The van der Waals surface area contributed by atoms with Crippen LogP contribution < -0.4 is 15.4 Å². The van der Waals surface area contributed by atoms with Gasteiger partial charge in [-0.25, -0.2) is 9.78 Å². The number of benzene rings is 1. The second-order valence-corrected chi connectivity index (χ2v) is 16.5. The highest BCUT2D eigenvalue weighted by atomic mass is 32.1. The van der Waals surface area contributed by atoms with Crippen molar-refractivity contribution < 1.29 is 24.2 Å². The van der Waals surface area contributed by atoms with Crippen molar-refractivity contribution in [3.05, 3.63) is 62.9 Å². The molecule has 12 nitrogen and oxygen atoms in total. The van der Waals surface area contributed by atoms with Gasteiger partial charge in [-0.15, -0.1) is 22.7 Å². The molecule has 14 heteroatoms. The number of aromatic nitrogens is 2. The molecule has 1 aromatic carbocycles. The van der Waals surface area contributed by atoms with Gasteiger partial charge in [0.2, 0.25) is 17.7 Å². The van der Waals surface area contributed by atoms with E-state index in [9.17, 15) is 19.5 Å². The fourth-order valence-corrected chi connectivity index (χ4v) is 7.43. The second kappa shape index (κ2) is 17.7. The van der Waals surface area contributed by atoms with E-state index >= 15 is 0 Å². The molecule has 0 bridgehead atoms. The molecule has 1 fully saturated rings. The number of ether oxygens (including phenoxy) is 1. The number of β-amino-alcohol motifs (C(OH)–C–C–N with tert-alkyl or cyclic N) is 1. The molecule has 3 aromatic rings. The van der Waals surface area contributed by atoms with Gasteiger partial charge in [0.15, 0.2) is 0 Å². The Bertz CT molecular complexity index is 1530. The molecule has 1 aliphatic rings. The zero-order valence-electron chi connectivity index (χ0n) is 30.5. The molecule has 2 aromatic heterocycles. The molecule has 0 saturated carbocycles. The number of nitrogens with zero attached hydrogens (tertiary/aromatic N) is 5. The number of hydrogen-bond acceptors (Lipinski definition) is 11. The standard InChI is InChI=1S/C36H53N7O5S2/c1-23(2)31(41(8)35(47)48-30-21-49-34(39-30)24(3)4)33(46)38-27(16-25-12-10-9-11-13-25)29(44)20-43-15-14-42(18-26-17-37-22-50-26)19-28(43)32(45)40-36(5,6)7/h9-13,17,21-24,27-29,31,44H,14-16,18-20H2,1-8H3,(H,38,46)(H,40,45)/t27-,28-,29+,31+/m0/s1. The zero-order valence-corrected chi connectivity index (χ0v) is 32.1. The molecule has 4 atom stereocenters. The Morgan fingerprint density at radius 2 is 1.82 bits per heavy atom. The third-order valence-corrected chi connectivity index (χ3v) is 10.4. The predicted molar refractivity (Wildman–Crippen MR) is 197 cm³/mol. The summed E-state index contributed by atoms with van der Waals surface area (Å²) in [6.45, 7) is 16.2. The Morgan fingerprint density at radius 1 is 1.10 bits per heavy atom. The number of thiazole rings is 2. The fourth-order valence-electron chi connectivity index (χ4n) is 6.05. The number of amides is 3. The Hall–Kier alpha value is -3.43. The first-order valence-corrected chi connectivity index (χ1v) is 19.0. The summed E-state index contributed by atoms with van der Waals surface area (Å²) in [5.74, 6) is -0.378. The van der Waals surface area contributed by atoms with E-state index in [2.05, 4.69) is 25.5 Å². The van der Waals surface area contributed by atoms with E-state index in [0.29, 0.717) is 32.6 Å². The van der Waals surface area contributed by atoms with Crippen LogP contribution in [0.1, 0.15) is 69.8 Å². The van der Waals surface area contributed by atoms with E-state index < -0.39 is 41.8 Å². The van der Waals surface area contributed by atoms with Gasteiger partial charge in [-0.2, -0.15) is 0 Å². The number of hydrogen-bond donors (Lipinski definition) is 3. The van der Waals surface area contributed by atoms with Gasteiger partial charge in [0.25, 0.3) is 0 Å². The number of rotatable bonds is 14. The molecular formula is C36H53N7O5S2. The van der Waals surface area contributed by atoms with Crippen LogP contribution in [-0.2, 0) is 22.6 Å². The van der Waals surface area contributed by atoms with Crippen LogP contribution in [0.25, 0.3) is 0 Å². The van der Waals surface area contributed by atoms with Crippen LogP contribution in [0.3, 0.4) is 0 Å². The molecule has 1 aliphatic heterocycles. The van der Waals surface area contributed by atoms with Gasteiger partial charge in [-0.3, -0.25) is 29.3 Å².